The molecule has 1 amide bonds. The minimum absolute atomic E-state index is 0.0979. The fourth-order valence-corrected chi connectivity index (χ4v) is 3.34. The van der Waals surface area contributed by atoms with Crippen LogP contribution in [0.25, 0.3) is 0 Å². The molecule has 2 aliphatic rings. The molecule has 6 heteroatoms. The van der Waals surface area contributed by atoms with Crippen molar-refractivity contribution < 1.29 is 14.3 Å². The van der Waals surface area contributed by atoms with Crippen LogP contribution in [0, 0.1) is 5.82 Å². The van der Waals surface area contributed by atoms with Gasteiger partial charge in [0.15, 0.2) is 0 Å². The van der Waals surface area contributed by atoms with E-state index in [0.29, 0.717) is 43.1 Å². The number of rotatable bonds is 3. The number of aliphatic hydroxyl groups is 1. The van der Waals surface area contributed by atoms with E-state index in [1.54, 1.807) is 17.0 Å². The van der Waals surface area contributed by atoms with Crippen LogP contribution in [0.4, 0.5) is 4.39 Å². The van der Waals surface area contributed by atoms with Crippen LogP contribution in [0.2, 0.25) is 0 Å². The summed E-state index contributed by atoms with van der Waals surface area (Å²) in [5.74, 6) is 0.114. The van der Waals surface area contributed by atoms with Crippen molar-refractivity contribution in [2.75, 3.05) is 13.1 Å². The predicted molar refractivity (Wildman–Crippen MR) is 86.0 cm³/mol. The molecular weight excluding hydrogens is 309 g/mol. The second-order valence-electron chi connectivity index (χ2n) is 6.81. The molecule has 1 saturated carbocycles. The molecule has 1 aromatic carbocycles. The molecule has 1 saturated heterocycles. The van der Waals surface area contributed by atoms with Crippen molar-refractivity contribution >= 4 is 5.91 Å². The van der Waals surface area contributed by atoms with Crippen LogP contribution in [0.15, 0.2) is 30.3 Å². The summed E-state index contributed by atoms with van der Waals surface area (Å²) in [6.45, 7) is 0.913. The van der Waals surface area contributed by atoms with Gasteiger partial charge in [0.25, 0.3) is 5.91 Å². The first kappa shape index (κ1) is 15.3. The average Bonchev–Trinajstić information content (AvgIpc) is 3.32. The Kier molecular flexibility index (Phi) is 3.64. The van der Waals surface area contributed by atoms with Crippen LogP contribution in [0.3, 0.4) is 0 Å². The van der Waals surface area contributed by atoms with Crippen molar-refractivity contribution in [3.63, 3.8) is 0 Å². The molecule has 2 heterocycles. The average molecular weight is 329 g/mol. The molecule has 0 unspecified atom stereocenters. The highest BCUT2D eigenvalue weighted by Crippen LogP contribution is 2.39. The van der Waals surface area contributed by atoms with E-state index in [0.717, 1.165) is 18.5 Å². The number of aromatic amines is 1. The van der Waals surface area contributed by atoms with E-state index in [1.165, 1.54) is 12.1 Å². The summed E-state index contributed by atoms with van der Waals surface area (Å²) >= 11 is 0. The number of likely N-dealkylation sites (tertiary alicyclic amines) is 1. The number of hydrogen-bond acceptors (Lipinski definition) is 3. The summed E-state index contributed by atoms with van der Waals surface area (Å²) in [6.07, 6.45) is 3.18. The molecule has 2 N–H and O–H groups in total. The van der Waals surface area contributed by atoms with E-state index in [9.17, 15) is 14.3 Å². The molecule has 2 aromatic rings. The first-order chi connectivity index (χ1) is 11.5. The molecule has 4 rings (SSSR count). The molecule has 126 valence electrons. The number of H-pyrrole nitrogens is 1. The highest BCUT2D eigenvalue weighted by atomic mass is 19.1. The van der Waals surface area contributed by atoms with E-state index in [4.69, 9.17) is 0 Å². The van der Waals surface area contributed by atoms with E-state index < -0.39 is 5.60 Å². The summed E-state index contributed by atoms with van der Waals surface area (Å²) in [6, 6.07) is 7.79. The summed E-state index contributed by atoms with van der Waals surface area (Å²) in [5.41, 5.74) is 1.18. The number of aromatic nitrogens is 2. The van der Waals surface area contributed by atoms with Gasteiger partial charge in [-0.3, -0.25) is 9.89 Å². The lowest BCUT2D eigenvalue weighted by atomic mass is 9.84. The Hall–Kier alpha value is -2.21. The second-order valence-corrected chi connectivity index (χ2v) is 6.81. The Bertz CT molecular complexity index is 744. The zero-order valence-corrected chi connectivity index (χ0v) is 13.3. The first-order valence-electron chi connectivity index (χ1n) is 8.38. The Balaban J connectivity index is 1.43. The number of nitrogens with zero attached hydrogens (tertiary/aromatic N) is 2. The third kappa shape index (κ3) is 2.82. The number of hydrogen-bond donors (Lipinski definition) is 2. The third-order valence-corrected chi connectivity index (χ3v) is 5.09. The number of benzene rings is 1. The number of nitrogens with one attached hydrogen (secondary N) is 1. The Morgan fingerprint density at radius 3 is 2.54 bits per heavy atom. The standard InChI is InChI=1S/C18H20FN3O2/c19-14-5-3-13(4-6-14)18(24)7-9-22(10-8-18)17(23)16-11-15(20-21-16)12-1-2-12/h3-6,11-12,24H,1-2,7-10H2,(H,20,21). The molecule has 0 atom stereocenters. The maximum atomic E-state index is 13.1. The maximum absolute atomic E-state index is 13.1. The fourth-order valence-electron chi connectivity index (χ4n) is 3.34. The molecule has 0 spiro atoms. The number of amides is 1. The number of piperidine rings is 1. The predicted octanol–water partition coefficient (Wildman–Crippen LogP) is 2.55. The highest BCUT2D eigenvalue weighted by Gasteiger charge is 2.36. The van der Waals surface area contributed by atoms with Gasteiger partial charge in [-0.25, -0.2) is 4.39 Å². The number of carbonyl (C=O) groups excluding carboxylic acids is 1. The first-order valence-corrected chi connectivity index (χ1v) is 8.38. The smallest absolute Gasteiger partial charge is 0.274 e. The lowest BCUT2D eigenvalue weighted by Crippen LogP contribution is -2.45. The Morgan fingerprint density at radius 1 is 1.25 bits per heavy atom. The van der Waals surface area contributed by atoms with Crippen LogP contribution >= 0.6 is 0 Å². The molecular formula is C18H20FN3O2. The van der Waals surface area contributed by atoms with Gasteiger partial charge in [0.05, 0.1) is 5.60 Å². The van der Waals surface area contributed by atoms with Crippen molar-refractivity contribution in [3.8, 4) is 0 Å². The lowest BCUT2D eigenvalue weighted by molar-refractivity contribution is -0.0213. The third-order valence-electron chi connectivity index (χ3n) is 5.09. The summed E-state index contributed by atoms with van der Waals surface area (Å²) in [7, 11) is 0. The topological polar surface area (TPSA) is 69.2 Å². The summed E-state index contributed by atoms with van der Waals surface area (Å²) in [5, 5.41) is 17.9. The van der Waals surface area contributed by atoms with Crippen LogP contribution in [0.1, 0.15) is 53.3 Å². The van der Waals surface area contributed by atoms with Gasteiger partial charge in [0.2, 0.25) is 0 Å². The number of halogens is 1. The Labute approximate surface area is 139 Å². The van der Waals surface area contributed by atoms with Crippen LogP contribution < -0.4 is 0 Å². The number of carbonyl (C=O) groups is 1. The molecule has 1 aliphatic heterocycles. The lowest BCUT2D eigenvalue weighted by Gasteiger charge is -2.38. The molecule has 24 heavy (non-hydrogen) atoms. The van der Waals surface area contributed by atoms with Gasteiger partial charge in [-0.15, -0.1) is 0 Å². The minimum Gasteiger partial charge on any atom is -0.385 e. The zero-order chi connectivity index (χ0) is 16.7. The van der Waals surface area contributed by atoms with Crippen molar-refractivity contribution in [2.45, 2.75) is 37.2 Å². The van der Waals surface area contributed by atoms with Gasteiger partial charge < -0.3 is 10.0 Å². The minimum atomic E-state index is -1.00. The molecule has 2 fully saturated rings. The summed E-state index contributed by atoms with van der Waals surface area (Å²) < 4.78 is 13.1. The second kappa shape index (κ2) is 5.70. The van der Waals surface area contributed by atoms with Crippen LogP contribution in [-0.2, 0) is 5.60 Å². The summed E-state index contributed by atoms with van der Waals surface area (Å²) in [4.78, 5) is 14.3. The van der Waals surface area contributed by atoms with E-state index in [-0.39, 0.29) is 11.7 Å². The van der Waals surface area contributed by atoms with E-state index in [1.807, 2.05) is 6.07 Å². The van der Waals surface area contributed by atoms with Crippen LogP contribution in [-0.4, -0.2) is 39.2 Å². The zero-order valence-electron chi connectivity index (χ0n) is 13.3. The molecule has 5 nitrogen and oxygen atoms in total. The largest absolute Gasteiger partial charge is 0.385 e. The quantitative estimate of drug-likeness (QED) is 0.909. The van der Waals surface area contributed by atoms with Gasteiger partial charge in [0, 0.05) is 24.7 Å². The van der Waals surface area contributed by atoms with Crippen molar-refractivity contribution in [2.24, 2.45) is 0 Å². The van der Waals surface area contributed by atoms with Gasteiger partial charge in [-0.1, -0.05) is 12.1 Å². The van der Waals surface area contributed by atoms with Crippen molar-refractivity contribution in [1.82, 2.24) is 15.1 Å². The fraction of sp³-hybridized carbons (Fsp3) is 0.444. The van der Waals surface area contributed by atoms with Gasteiger partial charge in [-0.05, 0) is 49.4 Å². The van der Waals surface area contributed by atoms with E-state index >= 15 is 0 Å². The molecule has 1 aliphatic carbocycles. The monoisotopic (exact) mass is 329 g/mol. The van der Waals surface area contributed by atoms with Crippen LogP contribution in [0.5, 0.6) is 0 Å². The highest BCUT2D eigenvalue weighted by molar-refractivity contribution is 5.92. The van der Waals surface area contributed by atoms with E-state index in [2.05, 4.69) is 10.2 Å². The van der Waals surface area contributed by atoms with Gasteiger partial charge >= 0.3 is 0 Å². The van der Waals surface area contributed by atoms with Crippen molar-refractivity contribution in [3.05, 3.63) is 53.1 Å². The van der Waals surface area contributed by atoms with Crippen molar-refractivity contribution in [1.29, 1.82) is 0 Å². The normalized spacial score (nSPS) is 20.2. The molecule has 0 bridgehead atoms. The Morgan fingerprint density at radius 2 is 1.92 bits per heavy atom. The van der Waals surface area contributed by atoms with Gasteiger partial charge in [-0.2, -0.15) is 5.10 Å². The molecule has 1 aromatic heterocycles. The maximum Gasteiger partial charge on any atom is 0.274 e. The van der Waals surface area contributed by atoms with Gasteiger partial charge in [0.1, 0.15) is 11.5 Å². The SMILES string of the molecule is O=C(c1cc(C2CC2)[nH]n1)N1CCC(O)(c2ccc(F)cc2)CC1. The molecule has 0 radical (unpaired) electrons.